The first-order valence-electron chi connectivity index (χ1n) is 7.50. The number of esters is 1. The van der Waals surface area contributed by atoms with Crippen LogP contribution in [0.4, 0.5) is 0 Å². The van der Waals surface area contributed by atoms with Crippen LogP contribution < -0.4 is 0 Å². The van der Waals surface area contributed by atoms with Gasteiger partial charge in [0.2, 0.25) is 0 Å². The number of methoxy groups -OCH3 is 1. The topological polar surface area (TPSA) is 63.7 Å². The first-order chi connectivity index (χ1) is 10.5. The molecule has 0 bridgehead atoms. The molecule has 22 heavy (non-hydrogen) atoms. The lowest BCUT2D eigenvalue weighted by Gasteiger charge is -2.35. The molecule has 0 unspecified atom stereocenters. The number of hydrogen-bond donors (Lipinski definition) is 0. The van der Waals surface area contributed by atoms with E-state index in [1.807, 2.05) is 30.3 Å². The minimum absolute atomic E-state index is 0.0811. The highest BCUT2D eigenvalue weighted by Gasteiger charge is 2.56. The lowest BCUT2D eigenvalue weighted by atomic mass is 9.76. The zero-order chi connectivity index (χ0) is 15.8. The van der Waals surface area contributed by atoms with Crippen LogP contribution in [-0.2, 0) is 25.9 Å². The van der Waals surface area contributed by atoms with E-state index < -0.39 is 15.3 Å². The fourth-order valence-corrected chi connectivity index (χ4v) is 5.68. The predicted octanol–water partition coefficient (Wildman–Crippen LogP) is 1.10. The van der Waals surface area contributed by atoms with Gasteiger partial charge in [0.15, 0.2) is 9.84 Å². The Morgan fingerprint density at radius 1 is 1.36 bits per heavy atom. The van der Waals surface area contributed by atoms with Gasteiger partial charge in [-0.05, 0) is 12.0 Å². The summed E-state index contributed by atoms with van der Waals surface area (Å²) < 4.78 is 28.9. The number of carbonyl (C=O) groups excluding carboxylic acids is 1. The van der Waals surface area contributed by atoms with Crippen molar-refractivity contribution in [3.63, 3.8) is 0 Å². The Morgan fingerprint density at radius 2 is 2.09 bits per heavy atom. The molecule has 2 atom stereocenters. The number of likely N-dealkylation sites (tertiary alicyclic amines) is 1. The normalized spacial score (nSPS) is 30.7. The third-order valence-corrected chi connectivity index (χ3v) is 6.66. The highest BCUT2D eigenvalue weighted by atomic mass is 32.2. The molecule has 0 N–H and O–H groups in total. The Bertz CT molecular complexity index is 658. The number of rotatable bonds is 3. The van der Waals surface area contributed by atoms with Crippen LogP contribution in [0.25, 0.3) is 0 Å². The highest BCUT2D eigenvalue weighted by molar-refractivity contribution is 7.91. The minimum atomic E-state index is -3.05. The molecule has 0 aromatic heterocycles. The molecule has 5 nitrogen and oxygen atoms in total. The zero-order valence-corrected chi connectivity index (χ0v) is 13.5. The first kappa shape index (κ1) is 15.5. The van der Waals surface area contributed by atoms with E-state index in [-0.39, 0.29) is 23.4 Å². The number of sulfone groups is 1. The fraction of sp³-hybridized carbons (Fsp3) is 0.562. The molecule has 2 aliphatic heterocycles. The average Bonchev–Trinajstić information content (AvgIpc) is 2.84. The molecule has 1 aromatic rings. The van der Waals surface area contributed by atoms with E-state index in [1.54, 1.807) is 0 Å². The van der Waals surface area contributed by atoms with Crippen molar-refractivity contribution in [1.82, 2.24) is 4.90 Å². The molecule has 0 amide bonds. The number of hydrogen-bond acceptors (Lipinski definition) is 5. The minimum Gasteiger partial charge on any atom is -0.469 e. The lowest BCUT2D eigenvalue weighted by molar-refractivity contribution is -0.154. The van der Waals surface area contributed by atoms with Crippen LogP contribution in [-0.4, -0.2) is 51.0 Å². The Kier molecular flexibility index (Phi) is 3.99. The Hall–Kier alpha value is -1.40. The van der Waals surface area contributed by atoms with Gasteiger partial charge in [0.05, 0.1) is 24.0 Å². The molecule has 2 fully saturated rings. The van der Waals surface area contributed by atoms with Crippen molar-refractivity contribution >= 4 is 15.8 Å². The maximum Gasteiger partial charge on any atom is 0.313 e. The van der Waals surface area contributed by atoms with Crippen molar-refractivity contribution in [2.75, 3.05) is 31.7 Å². The van der Waals surface area contributed by atoms with Gasteiger partial charge >= 0.3 is 5.97 Å². The van der Waals surface area contributed by atoms with E-state index in [0.29, 0.717) is 19.5 Å². The summed E-state index contributed by atoms with van der Waals surface area (Å²) in [5.41, 5.74) is 0.513. The van der Waals surface area contributed by atoms with Gasteiger partial charge < -0.3 is 4.74 Å². The van der Waals surface area contributed by atoms with Gasteiger partial charge in [-0.1, -0.05) is 30.3 Å². The van der Waals surface area contributed by atoms with E-state index >= 15 is 0 Å². The van der Waals surface area contributed by atoms with Gasteiger partial charge in [-0.3, -0.25) is 9.69 Å². The molecule has 0 aliphatic carbocycles. The molecule has 120 valence electrons. The number of benzene rings is 1. The SMILES string of the molecule is COC(=O)[C@@]12CCS(=O)(=O)C[C@@H]1CN(Cc1ccccc1)C2. The van der Waals surface area contributed by atoms with Crippen molar-refractivity contribution in [3.05, 3.63) is 35.9 Å². The molecule has 6 heteroatoms. The molecule has 2 heterocycles. The van der Waals surface area contributed by atoms with Gasteiger partial charge in [-0.2, -0.15) is 0 Å². The monoisotopic (exact) mass is 323 g/mol. The lowest BCUT2D eigenvalue weighted by Crippen LogP contribution is -2.47. The summed E-state index contributed by atoms with van der Waals surface area (Å²) in [7, 11) is -1.66. The summed E-state index contributed by atoms with van der Waals surface area (Å²) >= 11 is 0. The van der Waals surface area contributed by atoms with E-state index in [2.05, 4.69) is 4.90 Å². The molecule has 2 saturated heterocycles. The van der Waals surface area contributed by atoms with Crippen molar-refractivity contribution in [2.45, 2.75) is 13.0 Å². The zero-order valence-electron chi connectivity index (χ0n) is 12.7. The van der Waals surface area contributed by atoms with Crippen molar-refractivity contribution < 1.29 is 17.9 Å². The number of nitrogens with zero attached hydrogens (tertiary/aromatic N) is 1. The summed E-state index contributed by atoms with van der Waals surface area (Å²) in [6, 6.07) is 10.0. The van der Waals surface area contributed by atoms with Crippen LogP contribution in [0, 0.1) is 11.3 Å². The molecule has 3 rings (SSSR count). The van der Waals surface area contributed by atoms with E-state index in [1.165, 1.54) is 12.7 Å². The number of fused-ring (bicyclic) bond motifs is 1. The summed E-state index contributed by atoms with van der Waals surface area (Å²) in [4.78, 5) is 14.5. The Morgan fingerprint density at radius 3 is 2.77 bits per heavy atom. The molecular formula is C16H21NO4S. The Labute approximate surface area is 131 Å². The van der Waals surface area contributed by atoms with Gasteiger partial charge in [-0.25, -0.2) is 8.42 Å². The van der Waals surface area contributed by atoms with E-state index in [9.17, 15) is 13.2 Å². The second-order valence-electron chi connectivity index (χ2n) is 6.36. The molecule has 0 saturated carbocycles. The van der Waals surface area contributed by atoms with Crippen LogP contribution in [0.2, 0.25) is 0 Å². The largest absolute Gasteiger partial charge is 0.469 e. The fourth-order valence-electron chi connectivity index (χ4n) is 3.80. The first-order valence-corrected chi connectivity index (χ1v) is 9.32. The highest BCUT2D eigenvalue weighted by Crippen LogP contribution is 2.45. The van der Waals surface area contributed by atoms with Crippen molar-refractivity contribution in [2.24, 2.45) is 11.3 Å². The predicted molar refractivity (Wildman–Crippen MR) is 82.9 cm³/mol. The third kappa shape index (κ3) is 2.77. The van der Waals surface area contributed by atoms with Gasteiger partial charge in [0.1, 0.15) is 0 Å². The van der Waals surface area contributed by atoms with Crippen LogP contribution in [0.15, 0.2) is 30.3 Å². The van der Waals surface area contributed by atoms with E-state index in [4.69, 9.17) is 4.74 Å². The molecule has 2 aliphatic rings. The second-order valence-corrected chi connectivity index (χ2v) is 8.59. The van der Waals surface area contributed by atoms with Crippen molar-refractivity contribution in [3.8, 4) is 0 Å². The molecule has 0 spiro atoms. The quantitative estimate of drug-likeness (QED) is 0.779. The van der Waals surface area contributed by atoms with Crippen LogP contribution in [0.5, 0.6) is 0 Å². The number of carbonyl (C=O) groups is 1. The van der Waals surface area contributed by atoms with Gasteiger partial charge in [0.25, 0.3) is 0 Å². The molecule has 1 aromatic carbocycles. The van der Waals surface area contributed by atoms with Crippen molar-refractivity contribution in [1.29, 1.82) is 0 Å². The summed E-state index contributed by atoms with van der Waals surface area (Å²) in [5, 5.41) is 0. The average molecular weight is 323 g/mol. The summed E-state index contributed by atoms with van der Waals surface area (Å²) in [5.74, 6) is -0.254. The molecular weight excluding hydrogens is 302 g/mol. The Balaban J connectivity index is 1.83. The maximum absolute atomic E-state index is 12.3. The second kappa shape index (κ2) is 5.66. The van der Waals surface area contributed by atoms with Gasteiger partial charge in [0, 0.05) is 25.6 Å². The smallest absolute Gasteiger partial charge is 0.313 e. The van der Waals surface area contributed by atoms with Crippen LogP contribution >= 0.6 is 0 Å². The summed E-state index contributed by atoms with van der Waals surface area (Å²) in [6.45, 7) is 1.94. The van der Waals surface area contributed by atoms with Crippen LogP contribution in [0.3, 0.4) is 0 Å². The maximum atomic E-state index is 12.3. The van der Waals surface area contributed by atoms with Crippen LogP contribution in [0.1, 0.15) is 12.0 Å². The molecule has 0 radical (unpaired) electrons. The third-order valence-electron chi connectivity index (χ3n) is 4.92. The van der Waals surface area contributed by atoms with Gasteiger partial charge in [-0.15, -0.1) is 0 Å². The number of ether oxygens (including phenoxy) is 1. The van der Waals surface area contributed by atoms with E-state index in [0.717, 1.165) is 6.54 Å². The summed E-state index contributed by atoms with van der Waals surface area (Å²) in [6.07, 6.45) is 0.373. The standard InChI is InChI=1S/C16H21NO4S/c1-21-15(18)16-7-8-22(19,20)11-14(16)10-17(12-16)9-13-5-3-2-4-6-13/h2-6,14H,7-12H2,1H3/t14-,16+/m0/s1.